The number of halogens is 4. The van der Waals surface area contributed by atoms with Crippen molar-refractivity contribution in [2.24, 2.45) is 0 Å². The van der Waals surface area contributed by atoms with Crippen molar-refractivity contribution in [3.05, 3.63) is 54.1 Å². The van der Waals surface area contributed by atoms with Crippen molar-refractivity contribution in [3.8, 4) is 11.4 Å². The number of alkyl halides is 3. The average Bonchev–Trinajstić information content (AvgIpc) is 2.60. The van der Waals surface area contributed by atoms with Gasteiger partial charge in [0.05, 0.1) is 12.7 Å². The number of nitrogens with one attached hydrogen (secondary N) is 1. The van der Waals surface area contributed by atoms with Crippen LogP contribution in [0, 0.1) is 5.82 Å². The standard InChI is InChI=1S/C17H17F4N2O2/c18-14-8-12(16-9-22-5-7-24-16)3-4-15(14)23-6-1-2-13(10-23)25-11-17(19,20)21/h1-4,6,8,10,16,22H,5,7,9,11H2/q+1/t16-/m0/s1. The first-order valence-electron chi connectivity index (χ1n) is 7.75. The van der Waals surface area contributed by atoms with Crippen molar-refractivity contribution >= 4 is 0 Å². The summed E-state index contributed by atoms with van der Waals surface area (Å²) >= 11 is 0. The molecule has 1 aromatic carbocycles. The molecule has 1 N–H and O–H groups in total. The van der Waals surface area contributed by atoms with E-state index in [0.29, 0.717) is 18.7 Å². The van der Waals surface area contributed by atoms with E-state index in [1.54, 1.807) is 12.1 Å². The van der Waals surface area contributed by atoms with Crippen LogP contribution in [0.4, 0.5) is 17.6 Å². The number of ether oxygens (including phenoxy) is 2. The van der Waals surface area contributed by atoms with E-state index in [0.717, 1.165) is 6.54 Å². The quantitative estimate of drug-likeness (QED) is 0.675. The monoisotopic (exact) mass is 357 g/mol. The number of aromatic nitrogens is 1. The molecule has 1 fully saturated rings. The second kappa shape index (κ2) is 7.37. The van der Waals surface area contributed by atoms with Crippen molar-refractivity contribution in [2.75, 3.05) is 26.3 Å². The number of pyridine rings is 1. The summed E-state index contributed by atoms with van der Waals surface area (Å²) in [5, 5.41) is 3.17. The maximum atomic E-state index is 14.5. The lowest BCUT2D eigenvalue weighted by Gasteiger charge is -2.23. The number of rotatable bonds is 4. The summed E-state index contributed by atoms with van der Waals surface area (Å²) in [6.45, 7) is 0.524. The third-order valence-corrected chi connectivity index (χ3v) is 3.73. The van der Waals surface area contributed by atoms with Gasteiger partial charge in [0.1, 0.15) is 0 Å². The van der Waals surface area contributed by atoms with Gasteiger partial charge in [-0.25, -0.2) is 0 Å². The molecule has 25 heavy (non-hydrogen) atoms. The number of benzene rings is 1. The van der Waals surface area contributed by atoms with E-state index >= 15 is 0 Å². The smallest absolute Gasteiger partial charge is 0.422 e. The van der Waals surface area contributed by atoms with E-state index in [1.807, 2.05) is 0 Å². The first-order valence-corrected chi connectivity index (χ1v) is 7.75. The highest BCUT2D eigenvalue weighted by Gasteiger charge is 2.29. The molecule has 0 bridgehead atoms. The third-order valence-electron chi connectivity index (χ3n) is 3.73. The van der Waals surface area contributed by atoms with E-state index in [9.17, 15) is 17.6 Å². The fraction of sp³-hybridized carbons (Fsp3) is 0.353. The molecule has 2 heterocycles. The molecule has 0 amide bonds. The Labute approximate surface area is 142 Å². The number of hydrogen-bond acceptors (Lipinski definition) is 3. The van der Waals surface area contributed by atoms with E-state index in [2.05, 4.69) is 5.32 Å². The molecule has 3 rings (SSSR count). The fourth-order valence-corrected chi connectivity index (χ4v) is 2.57. The fourth-order valence-electron chi connectivity index (χ4n) is 2.57. The molecule has 0 unspecified atom stereocenters. The second-order valence-corrected chi connectivity index (χ2v) is 5.63. The second-order valence-electron chi connectivity index (χ2n) is 5.63. The highest BCUT2D eigenvalue weighted by Crippen LogP contribution is 2.22. The molecule has 2 aromatic rings. The first-order chi connectivity index (χ1) is 11.9. The summed E-state index contributed by atoms with van der Waals surface area (Å²) in [6.07, 6.45) is -1.80. The van der Waals surface area contributed by atoms with Gasteiger partial charge in [-0.3, -0.25) is 0 Å². The van der Waals surface area contributed by atoms with Crippen LogP contribution in [0.15, 0.2) is 42.7 Å². The minimum atomic E-state index is -4.43. The molecule has 1 aliphatic rings. The number of hydrogen-bond donors (Lipinski definition) is 1. The zero-order valence-corrected chi connectivity index (χ0v) is 13.2. The molecular formula is C17H17F4N2O2+. The van der Waals surface area contributed by atoms with Crippen LogP contribution >= 0.6 is 0 Å². The lowest BCUT2D eigenvalue weighted by atomic mass is 10.1. The lowest BCUT2D eigenvalue weighted by Crippen LogP contribution is -2.34. The zero-order chi connectivity index (χ0) is 17.9. The summed E-state index contributed by atoms with van der Waals surface area (Å²) in [7, 11) is 0. The maximum Gasteiger partial charge on any atom is 0.422 e. The predicted octanol–water partition coefficient (Wildman–Crippen LogP) is 2.70. The van der Waals surface area contributed by atoms with Gasteiger partial charge < -0.3 is 14.8 Å². The number of morpholine rings is 1. The summed E-state index contributed by atoms with van der Waals surface area (Å²) in [6, 6.07) is 7.56. The number of nitrogens with zero attached hydrogens (tertiary/aromatic N) is 1. The normalized spacial score (nSPS) is 18.2. The highest BCUT2D eigenvalue weighted by atomic mass is 19.4. The lowest BCUT2D eigenvalue weighted by molar-refractivity contribution is -0.598. The Balaban J connectivity index is 1.79. The molecule has 0 radical (unpaired) electrons. The van der Waals surface area contributed by atoms with Gasteiger partial charge in [-0.1, -0.05) is 0 Å². The van der Waals surface area contributed by atoms with Crippen LogP contribution in [0.3, 0.4) is 0 Å². The Hall–Kier alpha value is -2.19. The minimum absolute atomic E-state index is 0.00288. The van der Waals surface area contributed by atoms with Crippen molar-refractivity contribution in [1.82, 2.24) is 5.32 Å². The summed E-state index contributed by atoms with van der Waals surface area (Å²) in [4.78, 5) is 0. The average molecular weight is 357 g/mol. The molecule has 0 saturated carbocycles. The predicted molar refractivity (Wildman–Crippen MR) is 81.0 cm³/mol. The van der Waals surface area contributed by atoms with E-state index < -0.39 is 18.6 Å². The Morgan fingerprint density at radius 3 is 2.80 bits per heavy atom. The van der Waals surface area contributed by atoms with Crippen LogP contribution in [0.5, 0.6) is 5.75 Å². The molecule has 8 heteroatoms. The molecule has 4 nitrogen and oxygen atoms in total. The van der Waals surface area contributed by atoms with Gasteiger partial charge >= 0.3 is 6.18 Å². The van der Waals surface area contributed by atoms with Crippen molar-refractivity contribution in [2.45, 2.75) is 12.3 Å². The van der Waals surface area contributed by atoms with Gasteiger partial charge in [0.25, 0.3) is 0 Å². The van der Waals surface area contributed by atoms with Crippen molar-refractivity contribution < 1.29 is 31.6 Å². The molecule has 0 aliphatic carbocycles. The molecule has 1 aliphatic heterocycles. The Bertz CT molecular complexity index is 731. The van der Waals surface area contributed by atoms with Gasteiger partial charge in [0, 0.05) is 25.2 Å². The van der Waals surface area contributed by atoms with Crippen molar-refractivity contribution in [3.63, 3.8) is 0 Å². The molecule has 0 spiro atoms. The molecule has 1 saturated heterocycles. The topological polar surface area (TPSA) is 34.4 Å². The van der Waals surface area contributed by atoms with Crippen LogP contribution < -0.4 is 14.6 Å². The van der Waals surface area contributed by atoms with Crippen LogP contribution in [-0.2, 0) is 4.74 Å². The molecule has 1 aromatic heterocycles. The minimum Gasteiger partial charge on any atom is -0.478 e. The first kappa shape index (κ1) is 17.6. The van der Waals surface area contributed by atoms with Gasteiger partial charge in [-0.05, 0) is 23.8 Å². The van der Waals surface area contributed by atoms with Gasteiger partial charge in [-0.15, -0.1) is 0 Å². The van der Waals surface area contributed by atoms with Crippen LogP contribution in [0.2, 0.25) is 0 Å². The summed E-state index contributed by atoms with van der Waals surface area (Å²) in [5.74, 6) is -0.493. The zero-order valence-electron chi connectivity index (χ0n) is 13.2. The van der Waals surface area contributed by atoms with Crippen LogP contribution in [0.25, 0.3) is 5.69 Å². The van der Waals surface area contributed by atoms with Gasteiger partial charge in [-0.2, -0.15) is 22.1 Å². The van der Waals surface area contributed by atoms with Gasteiger partial charge in [0.2, 0.25) is 11.9 Å². The van der Waals surface area contributed by atoms with E-state index in [4.69, 9.17) is 9.47 Å². The van der Waals surface area contributed by atoms with E-state index in [-0.39, 0.29) is 17.5 Å². The summed E-state index contributed by atoms with van der Waals surface area (Å²) in [5.41, 5.74) is 0.920. The van der Waals surface area contributed by atoms with Crippen LogP contribution in [-0.4, -0.2) is 32.5 Å². The Morgan fingerprint density at radius 2 is 2.12 bits per heavy atom. The summed E-state index contributed by atoms with van der Waals surface area (Å²) < 4.78 is 62.9. The molecule has 134 valence electrons. The SMILES string of the molecule is Fc1cc([C@@H]2CNCCO2)ccc1-[n+]1cccc(OCC(F)(F)F)c1. The largest absolute Gasteiger partial charge is 0.478 e. The van der Waals surface area contributed by atoms with Gasteiger partial charge in [0.15, 0.2) is 24.4 Å². The third kappa shape index (κ3) is 4.67. The Morgan fingerprint density at radius 1 is 1.28 bits per heavy atom. The highest BCUT2D eigenvalue weighted by molar-refractivity contribution is 5.31. The van der Waals surface area contributed by atoms with Crippen molar-refractivity contribution in [1.29, 1.82) is 0 Å². The van der Waals surface area contributed by atoms with Crippen LogP contribution in [0.1, 0.15) is 11.7 Å². The maximum absolute atomic E-state index is 14.5. The van der Waals surface area contributed by atoms with E-state index in [1.165, 1.54) is 35.2 Å². The molecular weight excluding hydrogens is 340 g/mol. The molecule has 1 atom stereocenters. The Kier molecular flexibility index (Phi) is 5.19.